The van der Waals surface area contributed by atoms with Crippen molar-refractivity contribution in [3.05, 3.63) is 64.9 Å². The average molecular weight is 323 g/mol. The van der Waals surface area contributed by atoms with Gasteiger partial charge in [0.2, 0.25) is 5.90 Å². The molecule has 0 amide bonds. The lowest BCUT2D eigenvalue weighted by Crippen LogP contribution is -2.05. The van der Waals surface area contributed by atoms with Crippen molar-refractivity contribution >= 4 is 17.9 Å². The number of rotatable bonds is 4. The van der Waals surface area contributed by atoms with Gasteiger partial charge in [-0.05, 0) is 37.3 Å². The number of methoxy groups -OCH3 is 2. The highest BCUT2D eigenvalue weighted by atomic mass is 16.6. The standard InChI is InChI=1S/C19H17NO4/c1-12-5-4-6-14(9-12)18-20-16(19(21)24-18)10-13-7-8-15(22-2)11-17(13)23-3/h4-11H,1-3H3/b16-10+. The molecule has 0 saturated carbocycles. The van der Waals surface area contributed by atoms with E-state index in [-0.39, 0.29) is 5.70 Å². The number of carbonyl (C=O) groups is 1. The number of ether oxygens (including phenoxy) is 3. The van der Waals surface area contributed by atoms with Crippen LogP contribution in [0.25, 0.3) is 6.08 Å². The lowest BCUT2D eigenvalue weighted by Gasteiger charge is -2.07. The fourth-order valence-corrected chi connectivity index (χ4v) is 2.40. The number of aryl methyl sites for hydroxylation is 1. The minimum absolute atomic E-state index is 0.231. The highest BCUT2D eigenvalue weighted by Crippen LogP contribution is 2.28. The van der Waals surface area contributed by atoms with E-state index in [0.29, 0.717) is 17.4 Å². The lowest BCUT2D eigenvalue weighted by molar-refractivity contribution is -0.129. The molecule has 3 rings (SSSR count). The summed E-state index contributed by atoms with van der Waals surface area (Å²) in [5.74, 6) is 1.09. The van der Waals surface area contributed by atoms with Crippen molar-refractivity contribution in [3.63, 3.8) is 0 Å². The fraction of sp³-hybridized carbons (Fsp3) is 0.158. The summed E-state index contributed by atoms with van der Waals surface area (Å²) < 4.78 is 15.8. The van der Waals surface area contributed by atoms with Crippen molar-refractivity contribution in [1.29, 1.82) is 0 Å². The van der Waals surface area contributed by atoms with Crippen molar-refractivity contribution in [2.75, 3.05) is 14.2 Å². The number of aliphatic imine (C=N–C) groups is 1. The second kappa shape index (κ2) is 6.58. The van der Waals surface area contributed by atoms with E-state index in [9.17, 15) is 4.79 Å². The Hall–Kier alpha value is -3.08. The molecule has 0 saturated heterocycles. The quantitative estimate of drug-likeness (QED) is 0.639. The molecular weight excluding hydrogens is 306 g/mol. The fourth-order valence-electron chi connectivity index (χ4n) is 2.40. The van der Waals surface area contributed by atoms with Crippen LogP contribution < -0.4 is 9.47 Å². The first-order valence-corrected chi connectivity index (χ1v) is 7.42. The molecule has 122 valence electrons. The van der Waals surface area contributed by atoms with Gasteiger partial charge < -0.3 is 14.2 Å². The van der Waals surface area contributed by atoms with Gasteiger partial charge in [0.1, 0.15) is 11.5 Å². The Bertz CT molecular complexity index is 852. The molecule has 0 fully saturated rings. The number of benzene rings is 2. The Morgan fingerprint density at radius 2 is 1.92 bits per heavy atom. The van der Waals surface area contributed by atoms with E-state index in [1.54, 1.807) is 38.5 Å². The third-order valence-electron chi connectivity index (χ3n) is 3.62. The van der Waals surface area contributed by atoms with Crippen LogP contribution in [0.5, 0.6) is 11.5 Å². The Balaban J connectivity index is 1.97. The Kier molecular flexibility index (Phi) is 4.33. The van der Waals surface area contributed by atoms with Gasteiger partial charge in [-0.3, -0.25) is 0 Å². The summed E-state index contributed by atoms with van der Waals surface area (Å²) in [6.07, 6.45) is 1.64. The SMILES string of the molecule is COc1ccc(/C=C2/N=C(c3cccc(C)c3)OC2=O)c(OC)c1. The van der Waals surface area contributed by atoms with Crippen LogP contribution in [-0.4, -0.2) is 26.1 Å². The third kappa shape index (κ3) is 3.15. The molecule has 0 radical (unpaired) electrons. The summed E-state index contributed by atoms with van der Waals surface area (Å²) in [5, 5.41) is 0. The molecule has 0 aliphatic carbocycles. The van der Waals surface area contributed by atoms with E-state index in [1.165, 1.54) is 0 Å². The van der Waals surface area contributed by atoms with Crippen LogP contribution in [0.4, 0.5) is 0 Å². The van der Waals surface area contributed by atoms with Crippen molar-refractivity contribution in [2.45, 2.75) is 6.92 Å². The van der Waals surface area contributed by atoms with E-state index in [4.69, 9.17) is 14.2 Å². The van der Waals surface area contributed by atoms with Gasteiger partial charge in [-0.25, -0.2) is 9.79 Å². The molecule has 1 heterocycles. The number of nitrogens with zero attached hydrogens (tertiary/aromatic N) is 1. The molecule has 1 aliphatic heterocycles. The second-order valence-corrected chi connectivity index (χ2v) is 5.31. The number of hydrogen-bond donors (Lipinski definition) is 0. The van der Waals surface area contributed by atoms with Crippen molar-refractivity contribution in [3.8, 4) is 11.5 Å². The highest BCUT2D eigenvalue weighted by molar-refractivity contribution is 6.13. The van der Waals surface area contributed by atoms with E-state index in [0.717, 1.165) is 16.7 Å². The van der Waals surface area contributed by atoms with Crippen molar-refractivity contribution < 1.29 is 19.0 Å². The Morgan fingerprint density at radius 3 is 2.62 bits per heavy atom. The Morgan fingerprint density at radius 1 is 1.08 bits per heavy atom. The van der Waals surface area contributed by atoms with Gasteiger partial charge >= 0.3 is 5.97 Å². The number of hydrogen-bond acceptors (Lipinski definition) is 5. The van der Waals surface area contributed by atoms with Gasteiger partial charge in [0.05, 0.1) is 14.2 Å². The first-order chi connectivity index (χ1) is 11.6. The van der Waals surface area contributed by atoms with Gasteiger partial charge in [-0.1, -0.05) is 17.7 Å². The van der Waals surface area contributed by atoms with E-state index >= 15 is 0 Å². The van der Waals surface area contributed by atoms with Crippen LogP contribution in [-0.2, 0) is 9.53 Å². The minimum Gasteiger partial charge on any atom is -0.497 e. The normalized spacial score (nSPS) is 15.2. The zero-order valence-electron chi connectivity index (χ0n) is 13.7. The smallest absolute Gasteiger partial charge is 0.363 e. The molecule has 5 nitrogen and oxygen atoms in total. The van der Waals surface area contributed by atoms with Gasteiger partial charge in [0.25, 0.3) is 0 Å². The predicted octanol–water partition coefficient (Wildman–Crippen LogP) is 3.36. The summed E-state index contributed by atoms with van der Waals surface area (Å²) in [4.78, 5) is 16.4. The monoisotopic (exact) mass is 323 g/mol. The van der Waals surface area contributed by atoms with Crippen LogP contribution in [0.1, 0.15) is 16.7 Å². The average Bonchev–Trinajstić information content (AvgIpc) is 2.96. The van der Waals surface area contributed by atoms with Gasteiger partial charge in [-0.15, -0.1) is 0 Å². The second-order valence-electron chi connectivity index (χ2n) is 5.31. The molecule has 0 aromatic heterocycles. The van der Waals surface area contributed by atoms with Crippen LogP contribution in [0.15, 0.2) is 53.2 Å². The van der Waals surface area contributed by atoms with Crippen LogP contribution in [0, 0.1) is 6.92 Å². The molecule has 0 unspecified atom stereocenters. The largest absolute Gasteiger partial charge is 0.497 e. The van der Waals surface area contributed by atoms with Crippen LogP contribution in [0.2, 0.25) is 0 Å². The number of carbonyl (C=O) groups excluding carboxylic acids is 1. The summed E-state index contributed by atoms with van der Waals surface area (Å²) in [5.41, 5.74) is 2.79. The zero-order chi connectivity index (χ0) is 17.1. The molecule has 0 spiro atoms. The van der Waals surface area contributed by atoms with Gasteiger partial charge in [-0.2, -0.15) is 0 Å². The minimum atomic E-state index is -0.482. The zero-order valence-corrected chi connectivity index (χ0v) is 13.7. The van der Waals surface area contributed by atoms with Crippen molar-refractivity contribution in [1.82, 2.24) is 0 Å². The summed E-state index contributed by atoms with van der Waals surface area (Å²) in [7, 11) is 3.14. The molecule has 0 N–H and O–H groups in total. The summed E-state index contributed by atoms with van der Waals surface area (Å²) >= 11 is 0. The number of esters is 1. The maximum absolute atomic E-state index is 12.1. The molecule has 5 heteroatoms. The molecule has 0 atom stereocenters. The third-order valence-corrected chi connectivity index (χ3v) is 3.62. The first kappa shape index (κ1) is 15.8. The lowest BCUT2D eigenvalue weighted by atomic mass is 10.1. The molecule has 1 aliphatic rings. The maximum Gasteiger partial charge on any atom is 0.363 e. The Labute approximate surface area is 140 Å². The van der Waals surface area contributed by atoms with Gasteiger partial charge in [0.15, 0.2) is 5.70 Å². The van der Waals surface area contributed by atoms with E-state index in [2.05, 4.69) is 4.99 Å². The maximum atomic E-state index is 12.1. The molecule has 2 aromatic carbocycles. The highest BCUT2D eigenvalue weighted by Gasteiger charge is 2.24. The summed E-state index contributed by atoms with van der Waals surface area (Å²) in [6, 6.07) is 13.0. The van der Waals surface area contributed by atoms with Crippen LogP contribution in [0.3, 0.4) is 0 Å². The molecule has 24 heavy (non-hydrogen) atoms. The number of cyclic esters (lactones) is 1. The topological polar surface area (TPSA) is 57.1 Å². The van der Waals surface area contributed by atoms with Crippen LogP contribution >= 0.6 is 0 Å². The van der Waals surface area contributed by atoms with Crippen molar-refractivity contribution in [2.24, 2.45) is 4.99 Å². The van der Waals surface area contributed by atoms with Gasteiger partial charge in [0, 0.05) is 17.2 Å². The summed E-state index contributed by atoms with van der Waals surface area (Å²) in [6.45, 7) is 1.97. The molecular formula is C19H17NO4. The molecule has 0 bridgehead atoms. The van der Waals surface area contributed by atoms with E-state index in [1.807, 2.05) is 31.2 Å². The first-order valence-electron chi connectivity index (χ1n) is 7.42. The van der Waals surface area contributed by atoms with E-state index < -0.39 is 5.97 Å². The predicted molar refractivity (Wildman–Crippen MR) is 91.3 cm³/mol. The molecule has 2 aromatic rings.